The van der Waals surface area contributed by atoms with Gasteiger partial charge in [0.15, 0.2) is 11.5 Å². The van der Waals surface area contributed by atoms with E-state index in [0.717, 1.165) is 12.8 Å². The van der Waals surface area contributed by atoms with Crippen LogP contribution < -0.4 is 15.2 Å². The Balaban J connectivity index is 3.37. The first kappa shape index (κ1) is 37.5. The molecule has 0 radical (unpaired) electrons. The van der Waals surface area contributed by atoms with Crippen molar-refractivity contribution in [3.63, 3.8) is 0 Å². The van der Waals surface area contributed by atoms with Crippen LogP contribution in [-0.4, -0.2) is 61.5 Å². The molecule has 0 bridgehead atoms. The van der Waals surface area contributed by atoms with Crippen molar-refractivity contribution in [2.45, 2.75) is 93.2 Å². The number of hydrogen-bond donors (Lipinski definition) is 2. The summed E-state index contributed by atoms with van der Waals surface area (Å²) < 4.78 is 31.7. The highest BCUT2D eigenvalue weighted by Crippen LogP contribution is 2.37. The Kier molecular flexibility index (Phi) is 15.3. The highest BCUT2D eigenvalue weighted by Gasteiger charge is 2.36. The average Bonchev–Trinajstić information content (AvgIpc) is 2.94. The molecule has 12 nitrogen and oxygen atoms in total. The van der Waals surface area contributed by atoms with Gasteiger partial charge in [0.1, 0.15) is 12.1 Å². The van der Waals surface area contributed by atoms with Crippen molar-refractivity contribution >= 4 is 24.4 Å². The van der Waals surface area contributed by atoms with Gasteiger partial charge in [0.2, 0.25) is 0 Å². The zero-order valence-corrected chi connectivity index (χ0v) is 26.8. The molecule has 0 amide bonds. The normalized spacial score (nSPS) is 15.6. The fraction of sp³-hybridized carbons (Fsp3) is 0.677. The lowest BCUT2D eigenvalue weighted by molar-refractivity contribution is -0.139. The maximum absolute atomic E-state index is 12.5. The van der Waals surface area contributed by atoms with Gasteiger partial charge < -0.3 is 39.3 Å². The summed E-state index contributed by atoms with van der Waals surface area (Å²) in [5, 5.41) is 9.81. The van der Waals surface area contributed by atoms with E-state index in [4.69, 9.17) is 34.2 Å². The van der Waals surface area contributed by atoms with Crippen LogP contribution in [0.5, 0.6) is 11.5 Å². The molecule has 1 aromatic rings. The first-order chi connectivity index (χ1) is 20.0. The van der Waals surface area contributed by atoms with E-state index < -0.39 is 48.4 Å². The SMILES string of the molecule is CCC(C)COC(=O)Oc1ccc(C(C(C)C(C)OC(=O)OCC(C)(C)C)[C@H](N)C(=O)O)cc1OC(=O)OCC(C)CC. The summed E-state index contributed by atoms with van der Waals surface area (Å²) in [5.74, 6) is -3.05. The van der Waals surface area contributed by atoms with Crippen molar-refractivity contribution in [3.8, 4) is 11.5 Å². The third-order valence-corrected chi connectivity index (χ3v) is 6.99. The van der Waals surface area contributed by atoms with Crippen molar-refractivity contribution in [3.05, 3.63) is 23.8 Å². The highest BCUT2D eigenvalue weighted by molar-refractivity contribution is 5.75. The Bertz CT molecular complexity index is 1070. The quantitative estimate of drug-likeness (QED) is 0.125. The van der Waals surface area contributed by atoms with Gasteiger partial charge in [0, 0.05) is 11.8 Å². The molecule has 0 saturated carbocycles. The molecule has 0 aliphatic rings. The summed E-state index contributed by atoms with van der Waals surface area (Å²) >= 11 is 0. The Labute approximate surface area is 254 Å². The lowest BCUT2D eigenvalue weighted by Gasteiger charge is -2.31. The Morgan fingerprint density at radius 3 is 1.79 bits per heavy atom. The fourth-order valence-corrected chi connectivity index (χ4v) is 3.64. The number of carboxylic acids is 1. The summed E-state index contributed by atoms with van der Waals surface area (Å²) in [5.41, 5.74) is 6.16. The summed E-state index contributed by atoms with van der Waals surface area (Å²) in [6.45, 7) is 17.0. The average molecular weight is 612 g/mol. The predicted octanol–water partition coefficient (Wildman–Crippen LogP) is 6.53. The van der Waals surface area contributed by atoms with Crippen LogP contribution in [0.1, 0.15) is 86.6 Å². The van der Waals surface area contributed by atoms with Crippen molar-refractivity contribution in [1.29, 1.82) is 0 Å². The molecule has 0 aromatic heterocycles. The number of carbonyl (C=O) groups excluding carboxylic acids is 3. The van der Waals surface area contributed by atoms with E-state index >= 15 is 0 Å². The number of nitrogens with two attached hydrogens (primary N) is 1. The molecule has 43 heavy (non-hydrogen) atoms. The van der Waals surface area contributed by atoms with Crippen LogP contribution in [0.4, 0.5) is 14.4 Å². The topological polar surface area (TPSA) is 170 Å². The van der Waals surface area contributed by atoms with E-state index in [0.29, 0.717) is 5.56 Å². The van der Waals surface area contributed by atoms with Gasteiger partial charge in [-0.15, -0.1) is 0 Å². The van der Waals surface area contributed by atoms with Gasteiger partial charge in [-0.05, 0) is 41.9 Å². The van der Waals surface area contributed by atoms with Crippen LogP contribution >= 0.6 is 0 Å². The van der Waals surface area contributed by atoms with Crippen molar-refractivity contribution in [2.24, 2.45) is 28.9 Å². The Hall–Kier alpha value is -3.54. The molecule has 1 aromatic carbocycles. The van der Waals surface area contributed by atoms with Gasteiger partial charge in [0.25, 0.3) is 0 Å². The maximum Gasteiger partial charge on any atom is 0.513 e. The first-order valence-corrected chi connectivity index (χ1v) is 14.6. The predicted molar refractivity (Wildman–Crippen MR) is 158 cm³/mol. The molecule has 0 heterocycles. The number of rotatable bonds is 15. The van der Waals surface area contributed by atoms with Gasteiger partial charge in [0.05, 0.1) is 19.8 Å². The van der Waals surface area contributed by atoms with Crippen LogP contribution in [0.3, 0.4) is 0 Å². The number of carboxylic acid groups (broad SMARTS) is 1. The Morgan fingerprint density at radius 2 is 1.33 bits per heavy atom. The van der Waals surface area contributed by atoms with Gasteiger partial charge in [-0.2, -0.15) is 0 Å². The minimum atomic E-state index is -1.44. The molecule has 244 valence electrons. The van der Waals surface area contributed by atoms with Crippen molar-refractivity contribution < 1.29 is 52.7 Å². The number of aliphatic carboxylic acids is 1. The van der Waals surface area contributed by atoms with E-state index in [-0.39, 0.29) is 48.6 Å². The maximum atomic E-state index is 12.5. The molecular formula is C31H49NO11. The largest absolute Gasteiger partial charge is 0.513 e. The molecule has 0 fully saturated rings. The minimum absolute atomic E-state index is 0.0838. The number of hydrogen-bond acceptors (Lipinski definition) is 11. The fourth-order valence-electron chi connectivity index (χ4n) is 3.64. The van der Waals surface area contributed by atoms with Gasteiger partial charge >= 0.3 is 24.4 Å². The summed E-state index contributed by atoms with van der Waals surface area (Å²) in [7, 11) is 0. The number of ether oxygens (including phenoxy) is 6. The molecule has 12 heteroatoms. The van der Waals surface area contributed by atoms with Crippen molar-refractivity contribution in [2.75, 3.05) is 19.8 Å². The van der Waals surface area contributed by atoms with E-state index in [1.807, 2.05) is 48.5 Å². The van der Waals surface area contributed by atoms with Gasteiger partial charge in [-0.3, -0.25) is 4.79 Å². The smallest absolute Gasteiger partial charge is 0.480 e. The van der Waals surface area contributed by atoms with Crippen molar-refractivity contribution in [1.82, 2.24) is 0 Å². The summed E-state index contributed by atoms with van der Waals surface area (Å²) in [6.07, 6.45) is -2.20. The lowest BCUT2D eigenvalue weighted by atomic mass is 9.79. The highest BCUT2D eigenvalue weighted by atomic mass is 16.7. The van der Waals surface area contributed by atoms with Gasteiger partial charge in [-0.25, -0.2) is 14.4 Å². The minimum Gasteiger partial charge on any atom is -0.480 e. The van der Waals surface area contributed by atoms with Crippen LogP contribution in [0, 0.1) is 23.2 Å². The summed E-state index contributed by atoms with van der Waals surface area (Å²) in [4.78, 5) is 49.3. The lowest BCUT2D eigenvalue weighted by Crippen LogP contribution is -2.42. The molecule has 0 aliphatic heterocycles. The van der Waals surface area contributed by atoms with E-state index in [2.05, 4.69) is 0 Å². The van der Waals surface area contributed by atoms with Crippen LogP contribution in [-0.2, 0) is 23.7 Å². The van der Waals surface area contributed by atoms with E-state index in [9.17, 15) is 24.3 Å². The third kappa shape index (κ3) is 13.5. The van der Waals surface area contributed by atoms with Crippen LogP contribution in [0.15, 0.2) is 18.2 Å². The molecule has 0 aliphatic carbocycles. The number of benzene rings is 1. The first-order valence-electron chi connectivity index (χ1n) is 14.6. The number of carbonyl (C=O) groups is 4. The molecular weight excluding hydrogens is 562 g/mol. The van der Waals surface area contributed by atoms with Crippen LogP contribution in [0.2, 0.25) is 0 Å². The second kappa shape index (κ2) is 17.5. The molecule has 0 spiro atoms. The zero-order chi connectivity index (χ0) is 32.9. The molecule has 1 rings (SSSR count). The molecule has 0 saturated heterocycles. The molecule has 3 N–H and O–H groups in total. The van der Waals surface area contributed by atoms with Crippen LogP contribution in [0.25, 0.3) is 0 Å². The Morgan fingerprint density at radius 1 is 0.814 bits per heavy atom. The van der Waals surface area contributed by atoms with E-state index in [1.54, 1.807) is 13.8 Å². The standard InChI is InChI=1S/C31H49NO11/c1-10-18(3)15-38-28(35)42-23-13-12-22(14-24(23)43-29(36)39-16-19(4)11-2)25(26(32)27(33)34)20(5)21(6)41-30(37)40-17-31(7,8)9/h12-14,18-21,25-26H,10-11,15-17,32H2,1-9H3,(H,33,34)/t18?,19?,20?,21?,25?,26-/m0/s1. The molecule has 5 unspecified atom stereocenters. The third-order valence-electron chi connectivity index (χ3n) is 6.99. The molecule has 6 atom stereocenters. The monoisotopic (exact) mass is 611 g/mol. The summed E-state index contributed by atoms with van der Waals surface area (Å²) in [6, 6.07) is 2.73. The van der Waals surface area contributed by atoms with Gasteiger partial charge in [-0.1, -0.05) is 74.3 Å². The zero-order valence-electron chi connectivity index (χ0n) is 26.8. The second-order valence-electron chi connectivity index (χ2n) is 12.2. The second-order valence-corrected chi connectivity index (χ2v) is 12.2. The van der Waals surface area contributed by atoms with E-state index in [1.165, 1.54) is 18.2 Å².